The molecular formula is C21H21N7O2. The van der Waals surface area contributed by atoms with E-state index in [1.165, 1.54) is 21.8 Å². The minimum Gasteiger partial charge on any atom is -0.339 e. The van der Waals surface area contributed by atoms with Crippen molar-refractivity contribution in [3.8, 4) is 5.82 Å². The van der Waals surface area contributed by atoms with Crippen molar-refractivity contribution in [2.45, 2.75) is 19.4 Å². The summed E-state index contributed by atoms with van der Waals surface area (Å²) in [4.78, 5) is 31.0. The predicted octanol–water partition coefficient (Wildman–Crippen LogP) is 1.63. The fourth-order valence-corrected chi connectivity index (χ4v) is 3.94. The molecule has 0 spiro atoms. The lowest BCUT2D eigenvalue weighted by Crippen LogP contribution is -2.40. The summed E-state index contributed by atoms with van der Waals surface area (Å²) in [5.74, 6) is 0.902. The number of rotatable bonds is 4. The van der Waals surface area contributed by atoms with E-state index in [0.717, 1.165) is 18.4 Å². The van der Waals surface area contributed by atoms with Crippen molar-refractivity contribution < 1.29 is 4.79 Å². The summed E-state index contributed by atoms with van der Waals surface area (Å²) in [6.07, 6.45) is 8.46. The number of likely N-dealkylation sites (tertiary alicyclic amines) is 1. The summed E-state index contributed by atoms with van der Waals surface area (Å²) in [7, 11) is 0. The molecule has 1 aliphatic rings. The minimum absolute atomic E-state index is 0.0561. The second-order valence-electron chi connectivity index (χ2n) is 7.55. The van der Waals surface area contributed by atoms with E-state index in [4.69, 9.17) is 0 Å². The van der Waals surface area contributed by atoms with Gasteiger partial charge in [0, 0.05) is 43.6 Å². The summed E-state index contributed by atoms with van der Waals surface area (Å²) < 4.78 is 4.97. The van der Waals surface area contributed by atoms with Crippen LogP contribution < -0.4 is 5.56 Å². The molecule has 0 radical (unpaired) electrons. The first kappa shape index (κ1) is 18.3. The molecule has 1 saturated heterocycles. The molecule has 5 heterocycles. The van der Waals surface area contributed by atoms with Crippen molar-refractivity contribution in [1.82, 2.24) is 33.8 Å². The van der Waals surface area contributed by atoms with Crippen LogP contribution in [0.1, 0.15) is 23.2 Å². The van der Waals surface area contributed by atoms with Gasteiger partial charge in [-0.05, 0) is 43.0 Å². The second kappa shape index (κ2) is 7.58. The smallest absolute Gasteiger partial charge is 0.266 e. The van der Waals surface area contributed by atoms with Crippen LogP contribution in [0.25, 0.3) is 11.3 Å². The summed E-state index contributed by atoms with van der Waals surface area (Å²) >= 11 is 0. The van der Waals surface area contributed by atoms with Crippen LogP contribution in [0.15, 0.2) is 66.2 Å². The van der Waals surface area contributed by atoms with Crippen molar-refractivity contribution in [2.75, 3.05) is 13.1 Å². The van der Waals surface area contributed by atoms with Crippen LogP contribution in [0, 0.1) is 5.92 Å². The molecule has 0 bridgehead atoms. The number of hydrogen-bond acceptors (Lipinski definition) is 5. The van der Waals surface area contributed by atoms with E-state index >= 15 is 0 Å². The van der Waals surface area contributed by atoms with E-state index in [0.29, 0.717) is 36.9 Å². The molecule has 1 aliphatic heterocycles. The molecule has 4 aromatic heterocycles. The van der Waals surface area contributed by atoms with Gasteiger partial charge in [-0.2, -0.15) is 5.10 Å². The van der Waals surface area contributed by atoms with Gasteiger partial charge in [0.05, 0.1) is 5.56 Å². The van der Waals surface area contributed by atoms with Crippen molar-refractivity contribution in [3.63, 3.8) is 0 Å². The van der Waals surface area contributed by atoms with Crippen LogP contribution in [-0.2, 0) is 6.54 Å². The number of carbonyl (C=O) groups excluding carboxylic acids is 1. The molecule has 30 heavy (non-hydrogen) atoms. The van der Waals surface area contributed by atoms with Gasteiger partial charge < -0.3 is 9.30 Å². The van der Waals surface area contributed by atoms with Crippen LogP contribution in [0.4, 0.5) is 0 Å². The molecule has 9 heteroatoms. The lowest BCUT2D eigenvalue weighted by Gasteiger charge is -2.31. The van der Waals surface area contributed by atoms with Crippen LogP contribution in [0.2, 0.25) is 0 Å². The van der Waals surface area contributed by atoms with Gasteiger partial charge in [0.25, 0.3) is 11.5 Å². The largest absolute Gasteiger partial charge is 0.339 e. The van der Waals surface area contributed by atoms with Crippen molar-refractivity contribution in [2.24, 2.45) is 5.92 Å². The standard InChI is InChI=1S/C21H21N7O2/c29-20-5-4-19(28-15-22-14-23-28)24-27(20)12-16-6-9-25(10-7-16)21(30)17-11-18-3-1-2-8-26(18)13-17/h1-5,8,11,13-16H,6-7,9-10,12H2. The van der Waals surface area contributed by atoms with Crippen molar-refractivity contribution in [3.05, 3.63) is 77.4 Å². The van der Waals surface area contributed by atoms with E-state index < -0.39 is 0 Å². The highest BCUT2D eigenvalue weighted by Gasteiger charge is 2.25. The molecule has 152 valence electrons. The SMILES string of the molecule is O=C(c1cc2ccccn2c1)N1CCC(Cn2nc(-n3cncn3)ccc2=O)CC1. The van der Waals surface area contributed by atoms with Crippen LogP contribution >= 0.6 is 0 Å². The normalized spacial score (nSPS) is 15.0. The highest BCUT2D eigenvalue weighted by atomic mass is 16.2. The molecule has 0 unspecified atom stereocenters. The Hall–Kier alpha value is -3.75. The van der Waals surface area contributed by atoms with Gasteiger partial charge in [-0.25, -0.2) is 14.3 Å². The van der Waals surface area contributed by atoms with Crippen molar-refractivity contribution in [1.29, 1.82) is 0 Å². The molecule has 4 aromatic rings. The maximum Gasteiger partial charge on any atom is 0.266 e. The molecular weight excluding hydrogens is 382 g/mol. The van der Waals surface area contributed by atoms with Gasteiger partial charge in [0.2, 0.25) is 0 Å². The van der Waals surface area contributed by atoms with Gasteiger partial charge in [0.1, 0.15) is 12.7 Å². The van der Waals surface area contributed by atoms with Gasteiger partial charge in [-0.15, -0.1) is 5.10 Å². The third kappa shape index (κ3) is 3.49. The first-order valence-electron chi connectivity index (χ1n) is 9.96. The molecule has 0 atom stereocenters. The number of aromatic nitrogens is 6. The number of nitrogens with zero attached hydrogens (tertiary/aromatic N) is 7. The zero-order valence-electron chi connectivity index (χ0n) is 16.3. The highest BCUT2D eigenvalue weighted by molar-refractivity contribution is 5.95. The Kier molecular flexibility index (Phi) is 4.62. The van der Waals surface area contributed by atoms with Gasteiger partial charge in [0.15, 0.2) is 5.82 Å². The fraction of sp³-hybridized carbons (Fsp3) is 0.286. The van der Waals surface area contributed by atoms with Crippen molar-refractivity contribution >= 4 is 11.4 Å². The summed E-state index contributed by atoms with van der Waals surface area (Å²) in [6, 6.07) is 11.0. The molecule has 5 rings (SSSR count). The third-order valence-corrected chi connectivity index (χ3v) is 5.59. The molecule has 1 fully saturated rings. The Bertz CT molecular complexity index is 1200. The Morgan fingerprint density at radius 2 is 2.00 bits per heavy atom. The number of carbonyl (C=O) groups is 1. The zero-order chi connectivity index (χ0) is 20.5. The minimum atomic E-state index is -0.141. The second-order valence-corrected chi connectivity index (χ2v) is 7.55. The molecule has 9 nitrogen and oxygen atoms in total. The van der Waals surface area contributed by atoms with Gasteiger partial charge in [-0.3, -0.25) is 9.59 Å². The Morgan fingerprint density at radius 3 is 2.77 bits per heavy atom. The number of piperidine rings is 1. The van der Waals surface area contributed by atoms with E-state index in [-0.39, 0.29) is 11.5 Å². The third-order valence-electron chi connectivity index (χ3n) is 5.59. The van der Waals surface area contributed by atoms with E-state index in [1.807, 2.05) is 46.0 Å². The van der Waals surface area contributed by atoms with Crippen LogP contribution in [-0.4, -0.2) is 52.8 Å². The monoisotopic (exact) mass is 403 g/mol. The zero-order valence-corrected chi connectivity index (χ0v) is 16.3. The van der Waals surface area contributed by atoms with E-state index in [1.54, 1.807) is 12.4 Å². The number of pyridine rings is 1. The summed E-state index contributed by atoms with van der Waals surface area (Å²) in [6.45, 7) is 1.87. The fourth-order valence-electron chi connectivity index (χ4n) is 3.94. The van der Waals surface area contributed by atoms with Crippen LogP contribution in [0.3, 0.4) is 0 Å². The molecule has 0 aliphatic carbocycles. The summed E-state index contributed by atoms with van der Waals surface area (Å²) in [5.41, 5.74) is 1.57. The number of amides is 1. The molecule has 0 aromatic carbocycles. The highest BCUT2D eigenvalue weighted by Crippen LogP contribution is 2.21. The van der Waals surface area contributed by atoms with Gasteiger partial charge >= 0.3 is 0 Å². The number of hydrogen-bond donors (Lipinski definition) is 0. The topological polar surface area (TPSA) is 90.3 Å². The maximum atomic E-state index is 12.9. The Labute approximate surface area is 172 Å². The first-order valence-corrected chi connectivity index (χ1v) is 9.96. The Morgan fingerprint density at radius 1 is 1.13 bits per heavy atom. The van der Waals surface area contributed by atoms with Gasteiger partial charge in [-0.1, -0.05) is 6.07 Å². The van der Waals surface area contributed by atoms with E-state index in [2.05, 4.69) is 15.2 Å². The average Bonchev–Trinajstić information content (AvgIpc) is 3.45. The quantitative estimate of drug-likeness (QED) is 0.517. The first-order chi connectivity index (χ1) is 14.7. The Balaban J connectivity index is 1.24. The maximum absolute atomic E-state index is 12.9. The molecule has 1 amide bonds. The predicted molar refractivity (Wildman–Crippen MR) is 109 cm³/mol. The molecule has 0 N–H and O–H groups in total. The van der Waals surface area contributed by atoms with Crippen LogP contribution in [0.5, 0.6) is 0 Å². The summed E-state index contributed by atoms with van der Waals surface area (Å²) in [5, 5.41) is 8.48. The molecule has 0 saturated carbocycles. The average molecular weight is 403 g/mol. The lowest BCUT2D eigenvalue weighted by atomic mass is 9.96. The number of fused-ring (bicyclic) bond motifs is 1. The van der Waals surface area contributed by atoms with E-state index in [9.17, 15) is 9.59 Å². The lowest BCUT2D eigenvalue weighted by molar-refractivity contribution is 0.0680.